The van der Waals surface area contributed by atoms with E-state index >= 15 is 0 Å². The first-order valence-corrected chi connectivity index (χ1v) is 7.63. The fourth-order valence-corrected chi connectivity index (χ4v) is 2.36. The fraction of sp³-hybridized carbons (Fsp3) is 0.800. The molecule has 0 saturated heterocycles. The molecule has 0 aromatic rings. The summed E-state index contributed by atoms with van der Waals surface area (Å²) < 4.78 is 24.3. The van der Waals surface area contributed by atoms with Crippen LogP contribution in [0.5, 0.6) is 0 Å². The van der Waals surface area contributed by atoms with Crippen LogP contribution in [-0.2, 0) is 14.8 Å². The lowest BCUT2D eigenvalue weighted by atomic mass is 9.69. The molecule has 0 aromatic carbocycles. The number of amides is 2. The van der Waals surface area contributed by atoms with Crippen LogP contribution in [0.4, 0.5) is 4.79 Å². The van der Waals surface area contributed by atoms with Gasteiger partial charge in [0.1, 0.15) is 0 Å². The first-order valence-electron chi connectivity index (χ1n) is 5.98. The lowest BCUT2D eigenvalue weighted by Gasteiger charge is -2.37. The third-order valence-corrected chi connectivity index (χ3v) is 4.68. The second-order valence-corrected chi connectivity index (χ2v) is 6.62. The number of hydrogen-bond donors (Lipinski definition) is 4. The Bertz CT molecular complexity index is 444. The molecule has 0 bridgehead atoms. The highest BCUT2D eigenvalue weighted by Gasteiger charge is 2.44. The molecular formula is C10H19N3O5S. The largest absolute Gasteiger partial charge is 0.481 e. The van der Waals surface area contributed by atoms with Crippen LogP contribution in [0.15, 0.2) is 0 Å². The van der Waals surface area contributed by atoms with Gasteiger partial charge in [0, 0.05) is 13.1 Å². The van der Waals surface area contributed by atoms with Gasteiger partial charge in [0.05, 0.1) is 11.2 Å². The van der Waals surface area contributed by atoms with Crippen molar-refractivity contribution in [3.05, 3.63) is 0 Å². The van der Waals surface area contributed by atoms with Gasteiger partial charge in [-0.1, -0.05) is 6.42 Å². The minimum atomic E-state index is -3.35. The second kappa shape index (κ2) is 6.20. The second-order valence-electron chi connectivity index (χ2n) is 4.57. The number of hydrogen-bond acceptors (Lipinski definition) is 4. The normalized spacial score (nSPS) is 17.3. The molecule has 1 aliphatic carbocycles. The molecule has 9 heteroatoms. The molecule has 1 rings (SSSR count). The number of urea groups is 1. The average molecular weight is 293 g/mol. The Balaban J connectivity index is 2.27. The van der Waals surface area contributed by atoms with E-state index in [-0.39, 0.29) is 18.8 Å². The molecule has 0 aromatic heterocycles. The predicted octanol–water partition coefficient (Wildman–Crippen LogP) is -0.910. The monoisotopic (exact) mass is 293 g/mol. The van der Waals surface area contributed by atoms with E-state index in [4.69, 9.17) is 5.11 Å². The Kier molecular flexibility index (Phi) is 5.12. The number of carbonyl (C=O) groups excluding carboxylic acids is 1. The molecule has 1 aliphatic rings. The van der Waals surface area contributed by atoms with E-state index in [1.807, 2.05) is 0 Å². The predicted molar refractivity (Wildman–Crippen MR) is 68.2 cm³/mol. The molecule has 1 saturated carbocycles. The molecule has 0 unspecified atom stereocenters. The highest BCUT2D eigenvalue weighted by molar-refractivity contribution is 7.89. The van der Waals surface area contributed by atoms with Gasteiger partial charge in [-0.2, -0.15) is 0 Å². The lowest BCUT2D eigenvalue weighted by molar-refractivity contribution is -0.153. The van der Waals surface area contributed by atoms with Crippen molar-refractivity contribution in [2.45, 2.75) is 19.3 Å². The Morgan fingerprint density at radius 3 is 2.32 bits per heavy atom. The number of carbonyl (C=O) groups is 2. The molecule has 4 N–H and O–H groups in total. The molecule has 1 fully saturated rings. The van der Waals surface area contributed by atoms with Crippen LogP contribution < -0.4 is 15.4 Å². The van der Waals surface area contributed by atoms with Crippen molar-refractivity contribution < 1.29 is 23.1 Å². The molecule has 0 aliphatic heterocycles. The maximum absolute atomic E-state index is 11.4. The lowest BCUT2D eigenvalue weighted by Crippen LogP contribution is -2.50. The quantitative estimate of drug-likeness (QED) is 0.483. The van der Waals surface area contributed by atoms with Crippen molar-refractivity contribution in [2.75, 3.05) is 25.9 Å². The minimum Gasteiger partial charge on any atom is -0.481 e. The summed E-state index contributed by atoms with van der Waals surface area (Å²) in [5.74, 6) is -1.13. The molecule has 19 heavy (non-hydrogen) atoms. The van der Waals surface area contributed by atoms with Crippen LogP contribution in [0.25, 0.3) is 0 Å². The Hall–Kier alpha value is -1.35. The van der Waals surface area contributed by atoms with Gasteiger partial charge in [-0.25, -0.2) is 17.9 Å². The van der Waals surface area contributed by atoms with Crippen molar-refractivity contribution in [3.8, 4) is 0 Å². The Labute approximate surface area is 112 Å². The molecule has 2 amide bonds. The molecule has 0 radical (unpaired) electrons. The molecule has 0 spiro atoms. The van der Waals surface area contributed by atoms with Gasteiger partial charge in [-0.05, 0) is 19.9 Å². The van der Waals surface area contributed by atoms with Crippen LogP contribution in [0.3, 0.4) is 0 Å². The highest BCUT2D eigenvalue weighted by atomic mass is 32.2. The van der Waals surface area contributed by atoms with Crippen molar-refractivity contribution in [1.82, 2.24) is 15.4 Å². The third-order valence-electron chi connectivity index (χ3n) is 3.32. The van der Waals surface area contributed by atoms with Crippen LogP contribution in [0.1, 0.15) is 19.3 Å². The van der Waals surface area contributed by atoms with Gasteiger partial charge < -0.3 is 15.7 Å². The molecule has 0 heterocycles. The Morgan fingerprint density at radius 2 is 1.89 bits per heavy atom. The van der Waals surface area contributed by atoms with Gasteiger partial charge in [0.25, 0.3) is 0 Å². The number of aliphatic carboxylic acids is 1. The first kappa shape index (κ1) is 15.7. The highest BCUT2D eigenvalue weighted by Crippen LogP contribution is 2.40. The van der Waals surface area contributed by atoms with Crippen LogP contribution in [0.2, 0.25) is 0 Å². The zero-order valence-electron chi connectivity index (χ0n) is 10.7. The van der Waals surface area contributed by atoms with E-state index in [2.05, 4.69) is 15.4 Å². The van der Waals surface area contributed by atoms with E-state index in [9.17, 15) is 18.0 Å². The number of rotatable bonds is 7. The summed E-state index contributed by atoms with van der Waals surface area (Å²) in [5, 5.41) is 13.9. The van der Waals surface area contributed by atoms with Gasteiger partial charge in [-0.15, -0.1) is 0 Å². The van der Waals surface area contributed by atoms with Gasteiger partial charge in [0.15, 0.2) is 0 Å². The molecular weight excluding hydrogens is 274 g/mol. The van der Waals surface area contributed by atoms with E-state index in [1.165, 1.54) is 7.05 Å². The number of carboxylic acids is 1. The van der Waals surface area contributed by atoms with E-state index in [0.29, 0.717) is 12.8 Å². The summed E-state index contributed by atoms with van der Waals surface area (Å²) in [6.45, 7) is 0.0298. The molecule has 0 atom stereocenters. The summed E-state index contributed by atoms with van der Waals surface area (Å²) in [6.07, 6.45) is 1.95. The maximum Gasteiger partial charge on any atom is 0.314 e. The van der Waals surface area contributed by atoms with Gasteiger partial charge >= 0.3 is 12.0 Å². The topological polar surface area (TPSA) is 125 Å². The van der Waals surface area contributed by atoms with Crippen LogP contribution in [-0.4, -0.2) is 51.4 Å². The summed E-state index contributed by atoms with van der Waals surface area (Å²) in [6, 6.07) is -0.557. The van der Waals surface area contributed by atoms with Gasteiger partial charge in [0.2, 0.25) is 10.0 Å². The van der Waals surface area contributed by atoms with Crippen molar-refractivity contribution in [2.24, 2.45) is 5.41 Å². The van der Waals surface area contributed by atoms with Crippen molar-refractivity contribution in [3.63, 3.8) is 0 Å². The Morgan fingerprint density at radius 1 is 1.26 bits per heavy atom. The molecule has 8 nitrogen and oxygen atoms in total. The van der Waals surface area contributed by atoms with Crippen molar-refractivity contribution in [1.29, 1.82) is 0 Å². The average Bonchev–Trinajstić information content (AvgIpc) is 2.27. The first-order chi connectivity index (χ1) is 8.81. The van der Waals surface area contributed by atoms with E-state index < -0.39 is 27.4 Å². The fourth-order valence-electron chi connectivity index (χ4n) is 1.78. The van der Waals surface area contributed by atoms with Crippen molar-refractivity contribution >= 4 is 22.0 Å². The zero-order chi connectivity index (χ0) is 14.5. The summed E-state index contributed by atoms with van der Waals surface area (Å²) in [4.78, 5) is 22.4. The number of nitrogens with one attached hydrogen (secondary N) is 3. The van der Waals surface area contributed by atoms with Gasteiger partial charge in [-0.3, -0.25) is 4.79 Å². The van der Waals surface area contributed by atoms with E-state index in [1.54, 1.807) is 0 Å². The number of carboxylic acid groups (broad SMARTS) is 1. The number of sulfonamides is 1. The summed E-state index contributed by atoms with van der Waals surface area (Å²) >= 11 is 0. The maximum atomic E-state index is 11.4. The summed E-state index contributed by atoms with van der Waals surface area (Å²) in [7, 11) is -2.06. The third kappa shape index (κ3) is 4.35. The smallest absolute Gasteiger partial charge is 0.314 e. The SMILES string of the molecule is CNS(=O)(=O)CCNC(=O)NCC1(C(=O)O)CCC1. The van der Waals surface area contributed by atoms with Crippen LogP contribution in [0, 0.1) is 5.41 Å². The zero-order valence-corrected chi connectivity index (χ0v) is 11.5. The summed E-state index contributed by atoms with van der Waals surface area (Å²) in [5.41, 5.74) is -0.853. The molecule has 110 valence electrons. The standard InChI is InChI=1S/C10H19N3O5S/c1-11-19(17,18)6-5-12-9(16)13-7-10(8(14)15)3-2-4-10/h11H,2-7H2,1H3,(H,14,15)(H2,12,13,16). The minimum absolute atomic E-state index is 0.0327. The van der Waals surface area contributed by atoms with E-state index in [0.717, 1.165) is 6.42 Å². The van der Waals surface area contributed by atoms with Crippen LogP contribution >= 0.6 is 0 Å².